The first-order valence-electron chi connectivity index (χ1n) is 9.56. The Labute approximate surface area is 154 Å². The Hall–Kier alpha value is -2.37. The molecule has 0 saturated heterocycles. The Balaban J connectivity index is 1.86. The SMILES string of the molecule is Cn1cc(-c2cnn3c(NC(C)(C)C)cc(C4CCCCC4)nc23)cn1. The minimum atomic E-state index is -0.0431. The molecule has 1 aliphatic carbocycles. The van der Waals surface area contributed by atoms with Crippen LogP contribution < -0.4 is 5.32 Å². The summed E-state index contributed by atoms with van der Waals surface area (Å²) in [5.41, 5.74) is 4.14. The first kappa shape index (κ1) is 17.1. The molecule has 3 aromatic heterocycles. The second-order valence-electron chi connectivity index (χ2n) is 8.47. The van der Waals surface area contributed by atoms with Gasteiger partial charge < -0.3 is 5.32 Å². The third-order valence-electron chi connectivity index (χ3n) is 5.03. The minimum absolute atomic E-state index is 0.0431. The van der Waals surface area contributed by atoms with Crippen LogP contribution in [0.3, 0.4) is 0 Å². The van der Waals surface area contributed by atoms with Gasteiger partial charge in [-0.1, -0.05) is 19.3 Å². The van der Waals surface area contributed by atoms with Gasteiger partial charge in [0.15, 0.2) is 5.65 Å². The smallest absolute Gasteiger partial charge is 0.165 e. The average molecular weight is 352 g/mol. The van der Waals surface area contributed by atoms with Crippen LogP contribution in [0.4, 0.5) is 5.82 Å². The highest BCUT2D eigenvalue weighted by Gasteiger charge is 2.22. The normalized spacial score (nSPS) is 16.3. The summed E-state index contributed by atoms with van der Waals surface area (Å²) in [6, 6.07) is 2.20. The lowest BCUT2D eigenvalue weighted by molar-refractivity contribution is 0.437. The van der Waals surface area contributed by atoms with Gasteiger partial charge in [-0.3, -0.25) is 4.68 Å². The third-order valence-corrected chi connectivity index (χ3v) is 5.03. The molecule has 6 nitrogen and oxygen atoms in total. The largest absolute Gasteiger partial charge is 0.365 e. The summed E-state index contributed by atoms with van der Waals surface area (Å²) in [6.07, 6.45) is 12.2. The van der Waals surface area contributed by atoms with E-state index >= 15 is 0 Å². The van der Waals surface area contributed by atoms with Crippen LogP contribution in [0, 0.1) is 0 Å². The molecule has 26 heavy (non-hydrogen) atoms. The van der Waals surface area contributed by atoms with Gasteiger partial charge in [0.2, 0.25) is 0 Å². The van der Waals surface area contributed by atoms with E-state index in [0.717, 1.165) is 22.6 Å². The number of anilines is 1. The number of hydrogen-bond donors (Lipinski definition) is 1. The van der Waals surface area contributed by atoms with E-state index in [1.807, 2.05) is 34.8 Å². The van der Waals surface area contributed by atoms with Gasteiger partial charge in [0.05, 0.1) is 12.4 Å². The average Bonchev–Trinajstić information content (AvgIpc) is 3.20. The van der Waals surface area contributed by atoms with Crippen molar-refractivity contribution in [3.8, 4) is 11.1 Å². The molecule has 1 N–H and O–H groups in total. The molecule has 0 radical (unpaired) electrons. The van der Waals surface area contributed by atoms with E-state index in [0.29, 0.717) is 5.92 Å². The molecule has 0 atom stereocenters. The van der Waals surface area contributed by atoms with Gasteiger partial charge in [0.25, 0.3) is 0 Å². The molecular formula is C20H28N6. The monoisotopic (exact) mass is 352 g/mol. The van der Waals surface area contributed by atoms with Gasteiger partial charge in [-0.25, -0.2) is 4.98 Å². The molecule has 6 heteroatoms. The Kier molecular flexibility index (Phi) is 4.21. The molecule has 1 saturated carbocycles. The molecule has 1 aliphatic rings. The molecule has 0 spiro atoms. The molecular weight excluding hydrogens is 324 g/mol. The number of nitrogens with zero attached hydrogens (tertiary/aromatic N) is 5. The number of hydrogen-bond acceptors (Lipinski definition) is 4. The Morgan fingerprint density at radius 2 is 1.85 bits per heavy atom. The molecule has 1 fully saturated rings. The molecule has 3 heterocycles. The van der Waals surface area contributed by atoms with Crippen LogP contribution in [0.15, 0.2) is 24.7 Å². The highest BCUT2D eigenvalue weighted by Crippen LogP contribution is 2.35. The Bertz CT molecular complexity index is 908. The fraction of sp³-hybridized carbons (Fsp3) is 0.550. The van der Waals surface area contributed by atoms with Crippen LogP contribution in [-0.2, 0) is 7.05 Å². The predicted molar refractivity (Wildman–Crippen MR) is 104 cm³/mol. The van der Waals surface area contributed by atoms with Gasteiger partial charge in [-0.15, -0.1) is 0 Å². The zero-order valence-electron chi connectivity index (χ0n) is 16.2. The maximum absolute atomic E-state index is 5.06. The van der Waals surface area contributed by atoms with E-state index in [9.17, 15) is 0 Å². The van der Waals surface area contributed by atoms with Crippen molar-refractivity contribution < 1.29 is 0 Å². The fourth-order valence-corrected chi connectivity index (χ4v) is 3.83. The third kappa shape index (κ3) is 3.32. The van der Waals surface area contributed by atoms with E-state index < -0.39 is 0 Å². The fourth-order valence-electron chi connectivity index (χ4n) is 3.83. The minimum Gasteiger partial charge on any atom is -0.365 e. The van der Waals surface area contributed by atoms with E-state index in [4.69, 9.17) is 4.98 Å². The van der Waals surface area contributed by atoms with Gasteiger partial charge in [0, 0.05) is 47.6 Å². The molecule has 0 aliphatic heterocycles. The summed E-state index contributed by atoms with van der Waals surface area (Å²) in [7, 11) is 1.93. The van der Waals surface area contributed by atoms with Crippen molar-refractivity contribution in [3.63, 3.8) is 0 Å². The maximum Gasteiger partial charge on any atom is 0.165 e. The topological polar surface area (TPSA) is 60.0 Å². The Morgan fingerprint density at radius 1 is 1.08 bits per heavy atom. The second kappa shape index (κ2) is 6.41. The second-order valence-corrected chi connectivity index (χ2v) is 8.47. The quantitative estimate of drug-likeness (QED) is 0.759. The summed E-state index contributed by atoms with van der Waals surface area (Å²) in [5, 5.41) is 12.6. The first-order valence-corrected chi connectivity index (χ1v) is 9.56. The van der Waals surface area contributed by atoms with Crippen molar-refractivity contribution in [2.24, 2.45) is 7.05 Å². The van der Waals surface area contributed by atoms with Crippen LogP contribution in [0.2, 0.25) is 0 Å². The van der Waals surface area contributed by atoms with Crippen molar-refractivity contribution >= 4 is 11.5 Å². The summed E-state index contributed by atoms with van der Waals surface area (Å²) >= 11 is 0. The van der Waals surface area contributed by atoms with E-state index in [1.54, 1.807) is 0 Å². The number of rotatable bonds is 3. The van der Waals surface area contributed by atoms with Crippen molar-refractivity contribution in [3.05, 3.63) is 30.4 Å². The molecule has 0 aromatic carbocycles. The maximum atomic E-state index is 5.06. The van der Waals surface area contributed by atoms with Crippen molar-refractivity contribution in [2.75, 3.05) is 5.32 Å². The number of aryl methyl sites for hydroxylation is 1. The number of aromatic nitrogens is 5. The lowest BCUT2D eigenvalue weighted by Crippen LogP contribution is -2.28. The first-order chi connectivity index (χ1) is 12.4. The van der Waals surface area contributed by atoms with Crippen LogP contribution >= 0.6 is 0 Å². The van der Waals surface area contributed by atoms with Crippen LogP contribution in [0.1, 0.15) is 64.5 Å². The summed E-state index contributed by atoms with van der Waals surface area (Å²) in [5.74, 6) is 1.56. The van der Waals surface area contributed by atoms with Crippen molar-refractivity contribution in [1.29, 1.82) is 0 Å². The standard InChI is InChI=1S/C20H28N6/c1-20(2,3)24-18-10-17(14-8-6-5-7-9-14)23-19-16(12-22-26(18)19)15-11-21-25(4)13-15/h10-14,24H,5-9H2,1-4H3. The highest BCUT2D eigenvalue weighted by atomic mass is 15.3. The van der Waals surface area contributed by atoms with E-state index in [2.05, 4.69) is 42.4 Å². The van der Waals surface area contributed by atoms with Gasteiger partial charge in [-0.05, 0) is 33.6 Å². The molecule has 3 aromatic rings. The van der Waals surface area contributed by atoms with E-state index in [-0.39, 0.29) is 5.54 Å². The zero-order chi connectivity index (χ0) is 18.3. The Morgan fingerprint density at radius 3 is 2.50 bits per heavy atom. The van der Waals surface area contributed by atoms with E-state index in [1.165, 1.54) is 37.8 Å². The van der Waals surface area contributed by atoms with Crippen LogP contribution in [0.5, 0.6) is 0 Å². The zero-order valence-corrected chi connectivity index (χ0v) is 16.2. The number of fused-ring (bicyclic) bond motifs is 1. The van der Waals surface area contributed by atoms with Gasteiger partial charge in [-0.2, -0.15) is 14.7 Å². The molecule has 4 rings (SSSR count). The van der Waals surface area contributed by atoms with Crippen LogP contribution in [-0.4, -0.2) is 29.9 Å². The van der Waals surface area contributed by atoms with Gasteiger partial charge >= 0.3 is 0 Å². The molecule has 0 bridgehead atoms. The van der Waals surface area contributed by atoms with Crippen LogP contribution in [0.25, 0.3) is 16.8 Å². The number of nitrogens with one attached hydrogen (secondary N) is 1. The summed E-state index contributed by atoms with van der Waals surface area (Å²) < 4.78 is 3.75. The highest BCUT2D eigenvalue weighted by molar-refractivity contribution is 5.77. The predicted octanol–water partition coefficient (Wildman–Crippen LogP) is 4.39. The van der Waals surface area contributed by atoms with Crippen molar-refractivity contribution in [1.82, 2.24) is 24.4 Å². The molecule has 0 amide bonds. The molecule has 0 unspecified atom stereocenters. The summed E-state index contributed by atoms with van der Waals surface area (Å²) in [4.78, 5) is 5.06. The summed E-state index contributed by atoms with van der Waals surface area (Å²) in [6.45, 7) is 6.52. The molecule has 138 valence electrons. The lowest BCUT2D eigenvalue weighted by atomic mass is 9.87. The van der Waals surface area contributed by atoms with Gasteiger partial charge in [0.1, 0.15) is 5.82 Å². The van der Waals surface area contributed by atoms with Crippen molar-refractivity contribution in [2.45, 2.75) is 64.3 Å². The lowest BCUT2D eigenvalue weighted by Gasteiger charge is -2.25.